The molecule has 3 rings (SSSR count). The van der Waals surface area contributed by atoms with Crippen molar-refractivity contribution in [2.75, 3.05) is 18.5 Å². The van der Waals surface area contributed by atoms with E-state index in [0.29, 0.717) is 36.1 Å². The second-order valence-electron chi connectivity index (χ2n) is 6.62. The van der Waals surface area contributed by atoms with Crippen molar-refractivity contribution in [3.63, 3.8) is 0 Å². The van der Waals surface area contributed by atoms with Crippen molar-refractivity contribution < 1.29 is 23.5 Å². The summed E-state index contributed by atoms with van der Waals surface area (Å²) < 4.78 is 16.2. The average molecular weight is 408 g/mol. The fourth-order valence-corrected chi connectivity index (χ4v) is 2.74. The molecule has 1 amide bonds. The number of esters is 1. The molecule has 0 bridgehead atoms. The summed E-state index contributed by atoms with van der Waals surface area (Å²) in [6.07, 6.45) is 1.99. The van der Waals surface area contributed by atoms with Gasteiger partial charge in [-0.3, -0.25) is 9.59 Å². The number of nitrogens with one attached hydrogen (secondary N) is 1. The molecule has 0 saturated carbocycles. The van der Waals surface area contributed by atoms with E-state index >= 15 is 0 Å². The summed E-state index contributed by atoms with van der Waals surface area (Å²) in [6.45, 7) is 3.98. The van der Waals surface area contributed by atoms with E-state index in [1.54, 1.807) is 24.4 Å². The molecule has 156 valence electrons. The Morgan fingerprint density at radius 1 is 1.10 bits per heavy atom. The minimum Gasteiger partial charge on any atom is -0.492 e. The highest BCUT2D eigenvalue weighted by atomic mass is 16.5. The number of amides is 1. The lowest BCUT2D eigenvalue weighted by molar-refractivity contribution is -0.147. The van der Waals surface area contributed by atoms with Gasteiger partial charge in [-0.05, 0) is 26.0 Å². The molecule has 0 atom stereocenters. The number of para-hydroxylation sites is 2. The Kier molecular flexibility index (Phi) is 7.21. The van der Waals surface area contributed by atoms with E-state index in [1.165, 1.54) is 0 Å². The van der Waals surface area contributed by atoms with E-state index in [9.17, 15) is 9.59 Å². The van der Waals surface area contributed by atoms with Gasteiger partial charge < -0.3 is 19.2 Å². The molecule has 0 aliphatic carbocycles. The van der Waals surface area contributed by atoms with Gasteiger partial charge in [-0.2, -0.15) is 0 Å². The SMILES string of the molecule is CCOc1ccccc1NC(=O)COC(=O)CCc1ncc(-c2ccc(C)cc2)o1. The van der Waals surface area contributed by atoms with E-state index in [0.717, 1.165) is 11.1 Å². The minimum absolute atomic E-state index is 0.0661. The molecular weight excluding hydrogens is 384 g/mol. The van der Waals surface area contributed by atoms with Crippen LogP contribution in [0, 0.1) is 6.92 Å². The predicted molar refractivity (Wildman–Crippen MR) is 112 cm³/mol. The number of rotatable bonds is 9. The predicted octanol–water partition coefficient (Wildman–Crippen LogP) is 4.16. The molecule has 7 heteroatoms. The number of aryl methyl sites for hydroxylation is 2. The molecule has 7 nitrogen and oxygen atoms in total. The molecule has 0 spiro atoms. The Hall–Kier alpha value is -3.61. The fourth-order valence-electron chi connectivity index (χ4n) is 2.74. The van der Waals surface area contributed by atoms with Crippen LogP contribution in [0.3, 0.4) is 0 Å². The maximum Gasteiger partial charge on any atom is 0.306 e. The molecule has 0 aliphatic rings. The zero-order valence-electron chi connectivity index (χ0n) is 17.0. The Morgan fingerprint density at radius 3 is 2.63 bits per heavy atom. The Bertz CT molecular complexity index is 995. The van der Waals surface area contributed by atoms with E-state index in [2.05, 4.69) is 10.3 Å². The van der Waals surface area contributed by atoms with Gasteiger partial charge in [0.05, 0.1) is 24.9 Å². The van der Waals surface area contributed by atoms with Crippen LogP contribution in [0.5, 0.6) is 5.75 Å². The van der Waals surface area contributed by atoms with Crippen LogP contribution in [0.4, 0.5) is 5.69 Å². The molecular formula is C23H24N2O5. The molecule has 0 saturated heterocycles. The van der Waals surface area contributed by atoms with Crippen LogP contribution in [0.1, 0.15) is 24.8 Å². The lowest BCUT2D eigenvalue weighted by atomic mass is 10.1. The first-order chi connectivity index (χ1) is 14.5. The van der Waals surface area contributed by atoms with Gasteiger partial charge in [0.2, 0.25) is 0 Å². The van der Waals surface area contributed by atoms with Crippen molar-refractivity contribution in [3.8, 4) is 17.1 Å². The largest absolute Gasteiger partial charge is 0.492 e. The summed E-state index contributed by atoms with van der Waals surface area (Å²) in [5, 5.41) is 2.68. The lowest BCUT2D eigenvalue weighted by Crippen LogP contribution is -2.21. The van der Waals surface area contributed by atoms with Crippen LogP contribution in [-0.2, 0) is 20.7 Å². The van der Waals surface area contributed by atoms with Gasteiger partial charge in [0.15, 0.2) is 18.3 Å². The van der Waals surface area contributed by atoms with Gasteiger partial charge in [-0.25, -0.2) is 4.98 Å². The van der Waals surface area contributed by atoms with Crippen LogP contribution in [0.15, 0.2) is 59.1 Å². The van der Waals surface area contributed by atoms with Crippen molar-refractivity contribution in [3.05, 3.63) is 66.2 Å². The summed E-state index contributed by atoms with van der Waals surface area (Å²) in [7, 11) is 0. The number of hydrogen-bond acceptors (Lipinski definition) is 6. The number of ether oxygens (including phenoxy) is 2. The van der Waals surface area contributed by atoms with Gasteiger partial charge in [0.25, 0.3) is 5.91 Å². The van der Waals surface area contributed by atoms with E-state index in [1.807, 2.05) is 44.2 Å². The maximum absolute atomic E-state index is 12.1. The molecule has 0 unspecified atom stereocenters. The average Bonchev–Trinajstić information content (AvgIpc) is 3.22. The molecule has 1 heterocycles. The first-order valence-corrected chi connectivity index (χ1v) is 9.74. The maximum atomic E-state index is 12.1. The van der Waals surface area contributed by atoms with Crippen molar-refractivity contribution in [1.82, 2.24) is 4.98 Å². The third-order valence-corrected chi connectivity index (χ3v) is 4.26. The van der Waals surface area contributed by atoms with Crippen LogP contribution < -0.4 is 10.1 Å². The van der Waals surface area contributed by atoms with Crippen molar-refractivity contribution >= 4 is 17.6 Å². The molecule has 0 radical (unpaired) electrons. The highest BCUT2D eigenvalue weighted by molar-refractivity contribution is 5.94. The van der Waals surface area contributed by atoms with Gasteiger partial charge in [-0.1, -0.05) is 42.0 Å². The van der Waals surface area contributed by atoms with Crippen molar-refractivity contribution in [1.29, 1.82) is 0 Å². The first kappa shape index (κ1) is 21.1. The topological polar surface area (TPSA) is 90.7 Å². The molecule has 0 fully saturated rings. The quantitative estimate of drug-likeness (QED) is 0.535. The van der Waals surface area contributed by atoms with Gasteiger partial charge in [0, 0.05) is 12.0 Å². The summed E-state index contributed by atoms with van der Waals surface area (Å²) >= 11 is 0. The number of benzene rings is 2. The molecule has 2 aromatic carbocycles. The summed E-state index contributed by atoms with van der Waals surface area (Å²) in [4.78, 5) is 28.2. The smallest absolute Gasteiger partial charge is 0.306 e. The first-order valence-electron chi connectivity index (χ1n) is 9.74. The normalized spacial score (nSPS) is 10.5. The summed E-state index contributed by atoms with van der Waals surface area (Å²) in [6, 6.07) is 15.0. The van der Waals surface area contributed by atoms with Gasteiger partial charge >= 0.3 is 5.97 Å². The van der Waals surface area contributed by atoms with Crippen LogP contribution >= 0.6 is 0 Å². The molecule has 30 heavy (non-hydrogen) atoms. The number of nitrogens with zero attached hydrogens (tertiary/aromatic N) is 1. The number of hydrogen-bond donors (Lipinski definition) is 1. The van der Waals surface area contributed by atoms with Gasteiger partial charge in [0.1, 0.15) is 5.75 Å². The molecule has 0 aliphatic heterocycles. The van der Waals surface area contributed by atoms with Gasteiger partial charge in [-0.15, -0.1) is 0 Å². The number of oxazole rings is 1. The minimum atomic E-state index is -0.502. The molecule has 1 N–H and O–H groups in total. The second-order valence-corrected chi connectivity index (χ2v) is 6.62. The van der Waals surface area contributed by atoms with Crippen LogP contribution in [0.2, 0.25) is 0 Å². The number of anilines is 1. The van der Waals surface area contributed by atoms with Crippen molar-refractivity contribution in [2.24, 2.45) is 0 Å². The summed E-state index contributed by atoms with van der Waals surface area (Å²) in [5.74, 6) is 0.711. The van der Waals surface area contributed by atoms with E-state index in [-0.39, 0.29) is 13.0 Å². The zero-order chi connectivity index (χ0) is 21.3. The monoisotopic (exact) mass is 408 g/mol. The second kappa shape index (κ2) is 10.2. The standard InChI is InChI=1S/C23H24N2O5/c1-3-28-19-7-5-4-6-18(19)25-21(26)15-29-23(27)13-12-22-24-14-20(30-22)17-10-8-16(2)9-11-17/h4-11,14H,3,12-13,15H2,1-2H3,(H,25,26). The van der Waals surface area contributed by atoms with Crippen LogP contribution in [-0.4, -0.2) is 30.1 Å². The summed E-state index contributed by atoms with van der Waals surface area (Å²) in [5.41, 5.74) is 2.61. The zero-order valence-corrected chi connectivity index (χ0v) is 17.0. The lowest BCUT2D eigenvalue weighted by Gasteiger charge is -2.11. The van der Waals surface area contributed by atoms with Crippen LogP contribution in [0.25, 0.3) is 11.3 Å². The number of carbonyl (C=O) groups excluding carboxylic acids is 2. The fraction of sp³-hybridized carbons (Fsp3) is 0.261. The molecule has 1 aromatic heterocycles. The van der Waals surface area contributed by atoms with E-state index < -0.39 is 11.9 Å². The highest BCUT2D eigenvalue weighted by Gasteiger charge is 2.13. The Labute approximate surface area is 175 Å². The Morgan fingerprint density at radius 2 is 1.87 bits per heavy atom. The molecule has 3 aromatic rings. The third-order valence-electron chi connectivity index (χ3n) is 4.26. The highest BCUT2D eigenvalue weighted by Crippen LogP contribution is 2.23. The number of aromatic nitrogens is 1. The Balaban J connectivity index is 1.44. The van der Waals surface area contributed by atoms with E-state index in [4.69, 9.17) is 13.9 Å². The number of carbonyl (C=O) groups is 2. The van der Waals surface area contributed by atoms with Crippen molar-refractivity contribution in [2.45, 2.75) is 26.7 Å². The third kappa shape index (κ3) is 5.94.